The third-order valence-electron chi connectivity index (χ3n) is 7.13. The predicted octanol–water partition coefficient (Wildman–Crippen LogP) is 6.40. The van der Waals surface area contributed by atoms with Crippen LogP contribution in [0.3, 0.4) is 0 Å². The molecule has 1 aromatic carbocycles. The molecule has 6 heteroatoms. The van der Waals surface area contributed by atoms with E-state index in [0.29, 0.717) is 31.8 Å². The van der Waals surface area contributed by atoms with Gasteiger partial charge in [-0.25, -0.2) is 0 Å². The van der Waals surface area contributed by atoms with Crippen molar-refractivity contribution in [2.45, 2.75) is 73.1 Å². The standard InChI is InChI=1S/C28H36INO4/c1-8-33-22-11-16(10-17(29)26(22)34-9-2)23-24-18(12-27(3,4)14-20(24)31)30(7)19-13-28(5,6)15-21(32)25(19)23/h10-11,23H,8-9,12-15H2,1-7H3. The largest absolute Gasteiger partial charge is 0.490 e. The Morgan fingerprint density at radius 1 is 0.882 bits per heavy atom. The summed E-state index contributed by atoms with van der Waals surface area (Å²) in [6, 6.07) is 4.06. The van der Waals surface area contributed by atoms with Crippen LogP contribution in [-0.2, 0) is 9.59 Å². The summed E-state index contributed by atoms with van der Waals surface area (Å²) in [4.78, 5) is 29.5. The van der Waals surface area contributed by atoms with Gasteiger partial charge < -0.3 is 14.4 Å². The number of hydrogen-bond donors (Lipinski definition) is 0. The maximum absolute atomic E-state index is 13.7. The van der Waals surface area contributed by atoms with E-state index in [0.717, 1.165) is 50.3 Å². The number of nitrogens with zero attached hydrogens (tertiary/aromatic N) is 1. The summed E-state index contributed by atoms with van der Waals surface area (Å²) in [6.45, 7) is 13.6. The lowest BCUT2D eigenvalue weighted by molar-refractivity contribution is -0.119. The quantitative estimate of drug-likeness (QED) is 0.379. The number of carbonyl (C=O) groups excluding carboxylic acids is 2. The number of ketones is 2. The average Bonchev–Trinajstić information content (AvgIpc) is 2.70. The molecule has 5 nitrogen and oxygen atoms in total. The molecule has 0 aromatic heterocycles. The highest BCUT2D eigenvalue weighted by Crippen LogP contribution is 2.54. The zero-order valence-electron chi connectivity index (χ0n) is 21.4. The first-order chi connectivity index (χ1) is 15.9. The fraction of sp³-hybridized carbons (Fsp3) is 0.571. The Labute approximate surface area is 217 Å². The molecule has 0 saturated heterocycles. The SMILES string of the molecule is CCOc1cc(C2C3=C(CC(C)(C)CC3=O)N(C)C3=C2C(=O)CC(C)(C)C3)cc(I)c1OCC. The number of carbonyl (C=O) groups is 2. The van der Waals surface area contributed by atoms with Crippen LogP contribution in [0.1, 0.15) is 78.7 Å². The molecule has 0 atom stereocenters. The molecule has 1 aliphatic heterocycles. The van der Waals surface area contributed by atoms with E-state index in [9.17, 15) is 9.59 Å². The molecule has 0 saturated carbocycles. The molecule has 1 aromatic rings. The van der Waals surface area contributed by atoms with Crippen LogP contribution in [0.4, 0.5) is 0 Å². The van der Waals surface area contributed by atoms with E-state index in [2.05, 4.69) is 61.3 Å². The van der Waals surface area contributed by atoms with Crippen molar-refractivity contribution in [1.29, 1.82) is 0 Å². The van der Waals surface area contributed by atoms with Crippen molar-refractivity contribution in [1.82, 2.24) is 4.90 Å². The highest BCUT2D eigenvalue weighted by atomic mass is 127. The van der Waals surface area contributed by atoms with Crippen molar-refractivity contribution in [2.75, 3.05) is 20.3 Å². The maximum atomic E-state index is 13.7. The van der Waals surface area contributed by atoms with Gasteiger partial charge in [-0.3, -0.25) is 9.59 Å². The van der Waals surface area contributed by atoms with Crippen LogP contribution in [0.25, 0.3) is 0 Å². The van der Waals surface area contributed by atoms with Gasteiger partial charge in [-0.05, 0) is 77.8 Å². The Bertz CT molecular complexity index is 1060. The molecular formula is C28H36INO4. The van der Waals surface area contributed by atoms with E-state index in [1.165, 1.54) is 0 Å². The second-order valence-electron chi connectivity index (χ2n) is 11.3. The molecule has 0 amide bonds. The summed E-state index contributed by atoms with van der Waals surface area (Å²) in [7, 11) is 2.04. The summed E-state index contributed by atoms with van der Waals surface area (Å²) in [5.41, 5.74) is 4.43. The minimum Gasteiger partial charge on any atom is -0.490 e. The zero-order chi connectivity index (χ0) is 25.0. The lowest BCUT2D eigenvalue weighted by Crippen LogP contribution is -2.43. The molecule has 4 rings (SSSR count). The Kier molecular flexibility index (Phi) is 6.68. The van der Waals surface area contributed by atoms with Crippen LogP contribution >= 0.6 is 22.6 Å². The van der Waals surface area contributed by atoms with Crippen molar-refractivity contribution < 1.29 is 19.1 Å². The first-order valence-electron chi connectivity index (χ1n) is 12.2. The second kappa shape index (κ2) is 8.99. The summed E-state index contributed by atoms with van der Waals surface area (Å²) in [6.07, 6.45) is 2.62. The number of Topliss-reactive ketones (excluding diaryl/α,β-unsaturated/α-hetero) is 2. The molecule has 0 N–H and O–H groups in total. The fourth-order valence-corrected chi connectivity index (χ4v) is 6.58. The van der Waals surface area contributed by atoms with Crippen LogP contribution in [0.2, 0.25) is 0 Å². The predicted molar refractivity (Wildman–Crippen MR) is 142 cm³/mol. The topological polar surface area (TPSA) is 55.8 Å². The van der Waals surface area contributed by atoms with Gasteiger partial charge in [0.15, 0.2) is 23.1 Å². The van der Waals surface area contributed by atoms with Crippen molar-refractivity contribution >= 4 is 34.2 Å². The van der Waals surface area contributed by atoms with Crippen LogP contribution in [0.5, 0.6) is 11.5 Å². The minimum absolute atomic E-state index is 0.106. The van der Waals surface area contributed by atoms with Crippen molar-refractivity contribution in [3.05, 3.63) is 43.8 Å². The highest BCUT2D eigenvalue weighted by Gasteiger charge is 2.48. The van der Waals surface area contributed by atoms with E-state index in [1.54, 1.807) is 0 Å². The molecule has 0 spiro atoms. The monoisotopic (exact) mass is 577 g/mol. The first kappa shape index (κ1) is 25.3. The Balaban J connectivity index is 1.98. The van der Waals surface area contributed by atoms with E-state index >= 15 is 0 Å². The third-order valence-corrected chi connectivity index (χ3v) is 7.93. The molecule has 184 valence electrons. The van der Waals surface area contributed by atoms with Gasteiger partial charge in [0.25, 0.3) is 0 Å². The summed E-state index contributed by atoms with van der Waals surface area (Å²) >= 11 is 2.27. The van der Waals surface area contributed by atoms with Crippen LogP contribution in [0.15, 0.2) is 34.7 Å². The molecule has 0 unspecified atom stereocenters. The molecule has 2 aliphatic carbocycles. The summed E-state index contributed by atoms with van der Waals surface area (Å²) in [5.74, 6) is 1.32. The molecule has 1 heterocycles. The Morgan fingerprint density at radius 3 is 1.85 bits per heavy atom. The molecular weight excluding hydrogens is 541 g/mol. The summed E-state index contributed by atoms with van der Waals surface area (Å²) < 4.78 is 12.8. The highest BCUT2D eigenvalue weighted by molar-refractivity contribution is 14.1. The van der Waals surface area contributed by atoms with Gasteiger partial charge in [0.05, 0.1) is 16.8 Å². The van der Waals surface area contributed by atoms with Crippen molar-refractivity contribution in [3.8, 4) is 11.5 Å². The number of halogens is 1. The number of hydrogen-bond acceptors (Lipinski definition) is 5. The average molecular weight is 578 g/mol. The van der Waals surface area contributed by atoms with E-state index < -0.39 is 0 Å². The fourth-order valence-electron chi connectivity index (χ4n) is 5.80. The zero-order valence-corrected chi connectivity index (χ0v) is 23.6. The van der Waals surface area contributed by atoms with Crippen LogP contribution < -0.4 is 9.47 Å². The number of rotatable bonds is 5. The number of benzene rings is 1. The Hall–Kier alpha value is -1.83. The second-order valence-corrected chi connectivity index (χ2v) is 12.5. The van der Waals surface area contributed by atoms with E-state index in [1.807, 2.05) is 27.0 Å². The molecule has 0 radical (unpaired) electrons. The first-order valence-corrected chi connectivity index (χ1v) is 13.3. The number of ether oxygens (including phenoxy) is 2. The lowest BCUT2D eigenvalue weighted by Gasteiger charge is -2.48. The van der Waals surface area contributed by atoms with Gasteiger partial charge in [-0.15, -0.1) is 0 Å². The van der Waals surface area contributed by atoms with Gasteiger partial charge in [0.1, 0.15) is 0 Å². The maximum Gasteiger partial charge on any atom is 0.174 e. The minimum atomic E-state index is -0.364. The van der Waals surface area contributed by atoms with Gasteiger partial charge >= 0.3 is 0 Å². The molecule has 0 bridgehead atoms. The third kappa shape index (κ3) is 4.42. The van der Waals surface area contributed by atoms with Crippen molar-refractivity contribution in [2.24, 2.45) is 10.8 Å². The lowest BCUT2D eigenvalue weighted by atomic mass is 9.64. The van der Waals surface area contributed by atoms with Gasteiger partial charge in [-0.1, -0.05) is 27.7 Å². The smallest absolute Gasteiger partial charge is 0.174 e. The van der Waals surface area contributed by atoms with Crippen LogP contribution in [0, 0.1) is 14.4 Å². The molecule has 34 heavy (non-hydrogen) atoms. The molecule has 3 aliphatic rings. The van der Waals surface area contributed by atoms with Crippen LogP contribution in [-0.4, -0.2) is 36.7 Å². The van der Waals surface area contributed by atoms with Gasteiger partial charge in [-0.2, -0.15) is 0 Å². The van der Waals surface area contributed by atoms with Gasteiger partial charge in [0.2, 0.25) is 0 Å². The molecule has 0 fully saturated rings. The van der Waals surface area contributed by atoms with E-state index in [4.69, 9.17) is 9.47 Å². The van der Waals surface area contributed by atoms with E-state index in [-0.39, 0.29) is 28.3 Å². The summed E-state index contributed by atoms with van der Waals surface area (Å²) in [5, 5.41) is 0. The van der Waals surface area contributed by atoms with Gasteiger partial charge in [0, 0.05) is 48.3 Å². The number of allylic oxidation sites excluding steroid dienone is 4. The Morgan fingerprint density at radius 2 is 1.38 bits per heavy atom. The normalized spacial score (nSPS) is 22.1. The van der Waals surface area contributed by atoms with Crippen molar-refractivity contribution in [3.63, 3.8) is 0 Å².